The van der Waals surface area contributed by atoms with Crippen molar-refractivity contribution in [2.75, 3.05) is 5.32 Å². The minimum absolute atomic E-state index is 0.197. The van der Waals surface area contributed by atoms with E-state index >= 15 is 0 Å². The quantitative estimate of drug-likeness (QED) is 0.345. The molecule has 0 aromatic heterocycles. The Bertz CT molecular complexity index is 521. The van der Waals surface area contributed by atoms with Crippen LogP contribution in [-0.2, 0) is 4.79 Å². The standard InChI is InChI=1S/C17H25FN2O3/c1-2-3-4-5-6-7-8-9-10-17(21)19-14-11-12-15(18)16(13-14)20(22)23/h11-13H,2-10H2,1H3,(H,19,21). The molecule has 1 rings (SSSR count). The fraction of sp³-hybridized carbons (Fsp3) is 0.588. The van der Waals surface area contributed by atoms with E-state index in [1.807, 2.05) is 0 Å². The normalized spacial score (nSPS) is 10.5. The predicted molar refractivity (Wildman–Crippen MR) is 88.9 cm³/mol. The Hall–Kier alpha value is -1.98. The molecule has 0 spiro atoms. The zero-order valence-corrected chi connectivity index (χ0v) is 13.6. The number of hydrogen-bond donors (Lipinski definition) is 1. The van der Waals surface area contributed by atoms with Crippen LogP contribution >= 0.6 is 0 Å². The molecule has 0 bridgehead atoms. The molecule has 0 fully saturated rings. The summed E-state index contributed by atoms with van der Waals surface area (Å²) in [4.78, 5) is 21.6. The summed E-state index contributed by atoms with van der Waals surface area (Å²) in [5.74, 6) is -1.10. The third-order valence-corrected chi connectivity index (χ3v) is 3.68. The number of nitro benzene ring substituents is 1. The van der Waals surface area contributed by atoms with E-state index in [0.29, 0.717) is 6.42 Å². The van der Waals surface area contributed by atoms with Crippen LogP contribution in [-0.4, -0.2) is 10.8 Å². The van der Waals surface area contributed by atoms with Crippen LogP contribution in [0, 0.1) is 15.9 Å². The van der Waals surface area contributed by atoms with E-state index < -0.39 is 16.4 Å². The van der Waals surface area contributed by atoms with Gasteiger partial charge in [0.2, 0.25) is 11.7 Å². The van der Waals surface area contributed by atoms with Crippen molar-refractivity contribution in [3.8, 4) is 0 Å². The summed E-state index contributed by atoms with van der Waals surface area (Å²) in [6, 6.07) is 3.36. The number of unbranched alkanes of at least 4 members (excludes halogenated alkanes) is 7. The van der Waals surface area contributed by atoms with Crippen LogP contribution in [0.1, 0.15) is 64.7 Å². The van der Waals surface area contributed by atoms with Gasteiger partial charge in [0.25, 0.3) is 0 Å². The number of nitro groups is 1. The van der Waals surface area contributed by atoms with Crippen molar-refractivity contribution in [1.82, 2.24) is 0 Å². The number of benzene rings is 1. The van der Waals surface area contributed by atoms with Crippen molar-refractivity contribution in [3.05, 3.63) is 34.1 Å². The third kappa shape index (κ3) is 7.72. The zero-order chi connectivity index (χ0) is 17.1. The van der Waals surface area contributed by atoms with Gasteiger partial charge in [0.15, 0.2) is 0 Å². The molecule has 0 aliphatic carbocycles. The van der Waals surface area contributed by atoms with Crippen LogP contribution in [0.4, 0.5) is 15.8 Å². The number of halogens is 1. The van der Waals surface area contributed by atoms with Crippen molar-refractivity contribution in [1.29, 1.82) is 0 Å². The highest BCUT2D eigenvalue weighted by Gasteiger charge is 2.15. The maximum Gasteiger partial charge on any atom is 0.306 e. The first kappa shape index (κ1) is 19.1. The smallest absolute Gasteiger partial charge is 0.306 e. The van der Waals surface area contributed by atoms with E-state index in [1.165, 1.54) is 38.2 Å². The van der Waals surface area contributed by atoms with Crippen LogP contribution in [0.3, 0.4) is 0 Å². The van der Waals surface area contributed by atoms with E-state index in [4.69, 9.17) is 0 Å². The van der Waals surface area contributed by atoms with Gasteiger partial charge in [-0.3, -0.25) is 14.9 Å². The number of nitrogens with zero attached hydrogens (tertiary/aromatic N) is 1. The topological polar surface area (TPSA) is 72.2 Å². The molecule has 0 atom stereocenters. The van der Waals surface area contributed by atoms with E-state index in [2.05, 4.69) is 12.2 Å². The van der Waals surface area contributed by atoms with Gasteiger partial charge in [-0.2, -0.15) is 4.39 Å². The first-order chi connectivity index (χ1) is 11.0. The van der Waals surface area contributed by atoms with Gasteiger partial charge >= 0.3 is 5.69 Å². The molecule has 1 N–H and O–H groups in total. The van der Waals surface area contributed by atoms with Crippen molar-refractivity contribution in [3.63, 3.8) is 0 Å². The first-order valence-electron chi connectivity index (χ1n) is 8.28. The van der Waals surface area contributed by atoms with Crippen molar-refractivity contribution < 1.29 is 14.1 Å². The molecule has 0 unspecified atom stereocenters. The Morgan fingerprint density at radius 2 is 1.74 bits per heavy atom. The summed E-state index contributed by atoms with van der Waals surface area (Å²) in [6.45, 7) is 2.19. The highest BCUT2D eigenvalue weighted by Crippen LogP contribution is 2.21. The fourth-order valence-corrected chi connectivity index (χ4v) is 2.37. The summed E-state index contributed by atoms with van der Waals surface area (Å²) >= 11 is 0. The second kappa shape index (κ2) is 10.7. The number of amides is 1. The van der Waals surface area contributed by atoms with Gasteiger partial charge in [-0.15, -0.1) is 0 Å². The summed E-state index contributed by atoms with van der Waals surface area (Å²) in [5.41, 5.74) is -0.377. The van der Waals surface area contributed by atoms with Crippen molar-refractivity contribution in [2.45, 2.75) is 64.7 Å². The molecule has 5 nitrogen and oxygen atoms in total. The van der Waals surface area contributed by atoms with Gasteiger partial charge in [-0.05, 0) is 18.6 Å². The Balaban J connectivity index is 2.24. The number of nitrogens with one attached hydrogen (secondary N) is 1. The van der Waals surface area contributed by atoms with Gasteiger partial charge in [-0.1, -0.05) is 51.9 Å². The number of rotatable bonds is 11. The van der Waals surface area contributed by atoms with Gasteiger partial charge < -0.3 is 5.32 Å². The van der Waals surface area contributed by atoms with Crippen LogP contribution in [0.2, 0.25) is 0 Å². The van der Waals surface area contributed by atoms with Crippen LogP contribution < -0.4 is 5.32 Å². The molecule has 0 heterocycles. The molecule has 0 radical (unpaired) electrons. The molecule has 23 heavy (non-hydrogen) atoms. The summed E-state index contributed by atoms with van der Waals surface area (Å²) in [7, 11) is 0. The molecule has 0 aliphatic rings. The summed E-state index contributed by atoms with van der Waals surface area (Å²) in [5, 5.41) is 13.2. The lowest BCUT2D eigenvalue weighted by atomic mass is 10.1. The SMILES string of the molecule is CCCCCCCCCCC(=O)Nc1ccc(F)c([N+](=O)[O-])c1. The van der Waals surface area contributed by atoms with E-state index in [-0.39, 0.29) is 11.6 Å². The van der Waals surface area contributed by atoms with Crippen LogP contribution in [0.25, 0.3) is 0 Å². The highest BCUT2D eigenvalue weighted by atomic mass is 19.1. The summed E-state index contributed by atoms with van der Waals surface area (Å²) in [6.07, 6.45) is 9.55. The molecular formula is C17H25FN2O3. The molecule has 6 heteroatoms. The minimum atomic E-state index is -0.906. The molecule has 0 saturated carbocycles. The van der Waals surface area contributed by atoms with Gasteiger partial charge in [-0.25, -0.2) is 0 Å². The Morgan fingerprint density at radius 1 is 1.13 bits per heavy atom. The minimum Gasteiger partial charge on any atom is -0.326 e. The lowest BCUT2D eigenvalue weighted by Gasteiger charge is -2.05. The third-order valence-electron chi connectivity index (χ3n) is 3.68. The van der Waals surface area contributed by atoms with Crippen molar-refractivity contribution >= 4 is 17.3 Å². The molecule has 1 aromatic carbocycles. The molecule has 0 saturated heterocycles. The van der Waals surface area contributed by atoms with Gasteiger partial charge in [0, 0.05) is 18.2 Å². The van der Waals surface area contributed by atoms with E-state index in [0.717, 1.165) is 31.4 Å². The second-order valence-corrected chi connectivity index (χ2v) is 5.70. The number of anilines is 1. The van der Waals surface area contributed by atoms with Crippen molar-refractivity contribution in [2.24, 2.45) is 0 Å². The Kier molecular flexibility index (Phi) is 8.87. The largest absolute Gasteiger partial charge is 0.326 e. The monoisotopic (exact) mass is 324 g/mol. The first-order valence-corrected chi connectivity index (χ1v) is 8.28. The molecular weight excluding hydrogens is 299 g/mol. The number of carbonyl (C=O) groups excluding carboxylic acids is 1. The summed E-state index contributed by atoms with van der Waals surface area (Å²) < 4.78 is 13.2. The van der Waals surface area contributed by atoms with Gasteiger partial charge in [0.1, 0.15) is 0 Å². The second-order valence-electron chi connectivity index (χ2n) is 5.70. The molecule has 1 aromatic rings. The van der Waals surface area contributed by atoms with E-state index in [1.54, 1.807) is 0 Å². The maximum absolute atomic E-state index is 13.2. The molecule has 0 aliphatic heterocycles. The number of hydrogen-bond acceptors (Lipinski definition) is 3. The maximum atomic E-state index is 13.2. The van der Waals surface area contributed by atoms with E-state index in [9.17, 15) is 19.3 Å². The molecule has 1 amide bonds. The predicted octanol–water partition coefficient (Wildman–Crippen LogP) is 5.20. The van der Waals surface area contributed by atoms with Gasteiger partial charge in [0.05, 0.1) is 4.92 Å². The number of carbonyl (C=O) groups is 1. The lowest BCUT2D eigenvalue weighted by molar-refractivity contribution is -0.387. The average molecular weight is 324 g/mol. The van der Waals surface area contributed by atoms with Crippen LogP contribution in [0.5, 0.6) is 0 Å². The average Bonchev–Trinajstić information content (AvgIpc) is 2.51. The molecule has 128 valence electrons. The fourth-order valence-electron chi connectivity index (χ4n) is 2.37. The van der Waals surface area contributed by atoms with Crippen LogP contribution in [0.15, 0.2) is 18.2 Å². The highest BCUT2D eigenvalue weighted by molar-refractivity contribution is 5.90. The Morgan fingerprint density at radius 3 is 2.35 bits per heavy atom. The lowest BCUT2D eigenvalue weighted by Crippen LogP contribution is -2.11. The zero-order valence-electron chi connectivity index (χ0n) is 13.6. The Labute approximate surface area is 136 Å².